The number of nitrogens with zero attached hydrogens (tertiary/aromatic N) is 6. The van der Waals surface area contributed by atoms with Crippen LogP contribution in [0.15, 0.2) is 35.5 Å². The second kappa shape index (κ2) is 4.51. The smallest absolute Gasteiger partial charge is 0.261 e. The van der Waals surface area contributed by atoms with Crippen molar-refractivity contribution in [3.63, 3.8) is 0 Å². The van der Waals surface area contributed by atoms with Gasteiger partial charge in [-0.05, 0) is 31.0 Å². The van der Waals surface area contributed by atoms with Gasteiger partial charge in [-0.15, -0.1) is 5.10 Å². The fourth-order valence-electron chi connectivity index (χ4n) is 3.10. The lowest BCUT2D eigenvalue weighted by molar-refractivity contribution is 0.146. The number of hydrogen-bond donors (Lipinski definition) is 1. The quantitative estimate of drug-likeness (QED) is 0.585. The Bertz CT molecular complexity index is 1220. The maximum atomic E-state index is 13.5. The van der Waals surface area contributed by atoms with Gasteiger partial charge in [-0.3, -0.25) is 13.8 Å². The van der Waals surface area contributed by atoms with E-state index in [1.807, 2.05) is 0 Å². The predicted molar refractivity (Wildman–Crippen MR) is 85.9 cm³/mol. The number of fused-ring (bicyclic) bond motifs is 3. The maximum absolute atomic E-state index is 13.5. The van der Waals surface area contributed by atoms with Crippen LogP contribution in [-0.4, -0.2) is 34.1 Å². The van der Waals surface area contributed by atoms with Crippen molar-refractivity contribution >= 4 is 16.6 Å². The lowest BCUT2D eigenvalue weighted by Crippen LogP contribution is -2.20. The summed E-state index contributed by atoms with van der Waals surface area (Å²) in [5, 5.41) is 18.5. The van der Waals surface area contributed by atoms with Crippen molar-refractivity contribution in [2.45, 2.75) is 18.4 Å². The van der Waals surface area contributed by atoms with Gasteiger partial charge in [0.1, 0.15) is 23.4 Å². The molecule has 3 heterocycles. The molecular formula is C16H13FN6O2. The molecule has 0 amide bonds. The summed E-state index contributed by atoms with van der Waals surface area (Å²) in [5.74, 6) is -0.0586. The molecule has 9 heteroatoms. The van der Waals surface area contributed by atoms with Gasteiger partial charge >= 0.3 is 0 Å². The number of aryl methyl sites for hydroxylation is 1. The van der Waals surface area contributed by atoms with Gasteiger partial charge in [-0.2, -0.15) is 4.68 Å². The average Bonchev–Trinajstić information content (AvgIpc) is 3.04. The Morgan fingerprint density at radius 1 is 1.32 bits per heavy atom. The average molecular weight is 340 g/mol. The van der Waals surface area contributed by atoms with E-state index in [4.69, 9.17) is 0 Å². The minimum atomic E-state index is -0.899. The third kappa shape index (κ3) is 1.89. The van der Waals surface area contributed by atoms with Crippen LogP contribution in [0.1, 0.15) is 18.5 Å². The van der Waals surface area contributed by atoms with Crippen LogP contribution in [0.5, 0.6) is 0 Å². The van der Waals surface area contributed by atoms with Crippen LogP contribution >= 0.6 is 0 Å². The van der Waals surface area contributed by atoms with Crippen molar-refractivity contribution in [1.82, 2.24) is 28.9 Å². The number of aliphatic hydroxyl groups is 1. The van der Waals surface area contributed by atoms with E-state index in [1.54, 1.807) is 30.0 Å². The van der Waals surface area contributed by atoms with Gasteiger partial charge in [-0.25, -0.2) is 9.37 Å². The Kier molecular flexibility index (Phi) is 2.58. The third-order valence-corrected chi connectivity index (χ3v) is 4.71. The SMILES string of the molecule is Cn1c(=O)c2cc(F)ccc2n2cnc(-n3cc(C4(O)CC4)nn3)c12. The number of aromatic nitrogens is 6. The summed E-state index contributed by atoms with van der Waals surface area (Å²) in [6.45, 7) is 0. The zero-order valence-corrected chi connectivity index (χ0v) is 13.2. The van der Waals surface area contributed by atoms with Gasteiger partial charge in [0, 0.05) is 7.05 Å². The highest BCUT2D eigenvalue weighted by Crippen LogP contribution is 2.44. The van der Waals surface area contributed by atoms with Gasteiger partial charge in [0.05, 0.1) is 17.1 Å². The lowest BCUT2D eigenvalue weighted by Gasteiger charge is -2.08. The second-order valence-electron chi connectivity index (χ2n) is 6.37. The van der Waals surface area contributed by atoms with Crippen molar-refractivity contribution in [2.75, 3.05) is 0 Å². The second-order valence-corrected chi connectivity index (χ2v) is 6.37. The van der Waals surface area contributed by atoms with Crippen molar-refractivity contribution in [3.05, 3.63) is 52.6 Å². The summed E-state index contributed by atoms with van der Waals surface area (Å²) in [4.78, 5) is 17.0. The molecule has 0 spiro atoms. The first-order valence-electron chi connectivity index (χ1n) is 7.79. The molecule has 0 aliphatic heterocycles. The van der Waals surface area contributed by atoms with Crippen LogP contribution < -0.4 is 5.56 Å². The molecule has 8 nitrogen and oxygen atoms in total. The van der Waals surface area contributed by atoms with Crippen LogP contribution in [0.25, 0.3) is 22.4 Å². The first kappa shape index (κ1) is 14.3. The molecule has 4 aromatic rings. The minimum Gasteiger partial charge on any atom is -0.383 e. The molecule has 0 bridgehead atoms. The Balaban J connectivity index is 1.81. The van der Waals surface area contributed by atoms with E-state index in [0.29, 0.717) is 35.5 Å². The van der Waals surface area contributed by atoms with E-state index in [2.05, 4.69) is 15.3 Å². The first-order chi connectivity index (χ1) is 12.0. The molecule has 1 aliphatic rings. The number of rotatable bonds is 2. The van der Waals surface area contributed by atoms with Gasteiger partial charge < -0.3 is 5.11 Å². The van der Waals surface area contributed by atoms with Crippen molar-refractivity contribution in [2.24, 2.45) is 7.05 Å². The summed E-state index contributed by atoms with van der Waals surface area (Å²) in [5.41, 5.74) is 0.318. The Morgan fingerprint density at radius 2 is 2.12 bits per heavy atom. The molecule has 126 valence electrons. The standard InChI is InChI=1S/C16H13FN6O2/c1-21-14-13(23-7-12(19-20-23)16(25)4-5-16)18-8-22(14)11-3-2-9(17)6-10(11)15(21)24/h2-3,6-8,25H,4-5H2,1H3. The maximum Gasteiger partial charge on any atom is 0.261 e. The van der Waals surface area contributed by atoms with Crippen LogP contribution in [0.3, 0.4) is 0 Å². The van der Waals surface area contributed by atoms with Crippen LogP contribution in [0.4, 0.5) is 4.39 Å². The molecule has 1 aliphatic carbocycles. The van der Waals surface area contributed by atoms with E-state index in [9.17, 15) is 14.3 Å². The molecule has 1 saturated carbocycles. The van der Waals surface area contributed by atoms with Crippen molar-refractivity contribution in [3.8, 4) is 5.82 Å². The Morgan fingerprint density at radius 3 is 2.88 bits per heavy atom. The van der Waals surface area contributed by atoms with Crippen LogP contribution in [0, 0.1) is 5.82 Å². The number of imidazole rings is 1. The van der Waals surface area contributed by atoms with E-state index in [-0.39, 0.29) is 10.9 Å². The minimum absolute atomic E-state index is 0.269. The third-order valence-electron chi connectivity index (χ3n) is 4.71. The summed E-state index contributed by atoms with van der Waals surface area (Å²) >= 11 is 0. The molecule has 1 aromatic carbocycles. The normalized spacial score (nSPS) is 16.0. The monoisotopic (exact) mass is 340 g/mol. The summed E-state index contributed by atoms with van der Waals surface area (Å²) in [6.07, 6.45) is 4.49. The summed E-state index contributed by atoms with van der Waals surface area (Å²) in [7, 11) is 1.60. The topological polar surface area (TPSA) is 90.2 Å². The van der Waals surface area contributed by atoms with E-state index < -0.39 is 11.4 Å². The van der Waals surface area contributed by atoms with Gasteiger partial charge in [0.15, 0.2) is 11.5 Å². The zero-order valence-electron chi connectivity index (χ0n) is 13.2. The van der Waals surface area contributed by atoms with Gasteiger partial charge in [-0.1, -0.05) is 5.21 Å². The molecule has 0 unspecified atom stereocenters. The Labute approximate surface area is 139 Å². The molecule has 0 atom stereocenters. The number of hydrogen-bond acceptors (Lipinski definition) is 5. The van der Waals surface area contributed by atoms with Gasteiger partial charge in [0.2, 0.25) is 0 Å². The fraction of sp³-hybridized carbons (Fsp3) is 0.250. The lowest BCUT2D eigenvalue weighted by atomic mass is 10.2. The van der Waals surface area contributed by atoms with Crippen molar-refractivity contribution in [1.29, 1.82) is 0 Å². The highest BCUT2D eigenvalue weighted by atomic mass is 19.1. The summed E-state index contributed by atoms with van der Waals surface area (Å²) in [6, 6.07) is 4.06. The molecule has 0 saturated heterocycles. The van der Waals surface area contributed by atoms with E-state index >= 15 is 0 Å². The molecular weight excluding hydrogens is 327 g/mol. The molecule has 0 radical (unpaired) electrons. The zero-order chi connectivity index (χ0) is 17.3. The van der Waals surface area contributed by atoms with Crippen molar-refractivity contribution < 1.29 is 9.50 Å². The molecule has 1 fully saturated rings. The summed E-state index contributed by atoms with van der Waals surface area (Å²) < 4.78 is 18.1. The molecule has 3 aromatic heterocycles. The predicted octanol–water partition coefficient (Wildman–Crippen LogP) is 0.887. The van der Waals surface area contributed by atoms with E-state index in [1.165, 1.54) is 21.4 Å². The van der Waals surface area contributed by atoms with Crippen LogP contribution in [-0.2, 0) is 12.6 Å². The van der Waals surface area contributed by atoms with E-state index in [0.717, 1.165) is 0 Å². The Hall–Kier alpha value is -3.07. The molecule has 5 rings (SSSR count). The highest BCUT2D eigenvalue weighted by Gasteiger charge is 2.45. The van der Waals surface area contributed by atoms with Crippen LogP contribution in [0.2, 0.25) is 0 Å². The van der Waals surface area contributed by atoms with Gasteiger partial charge in [0.25, 0.3) is 5.56 Å². The largest absolute Gasteiger partial charge is 0.383 e. The number of halogens is 1. The first-order valence-corrected chi connectivity index (χ1v) is 7.79. The molecule has 25 heavy (non-hydrogen) atoms. The molecule has 1 N–H and O–H groups in total. The highest BCUT2D eigenvalue weighted by molar-refractivity contribution is 5.82. The fourth-order valence-corrected chi connectivity index (χ4v) is 3.10. The number of benzene rings is 1.